The van der Waals surface area contributed by atoms with Crippen molar-refractivity contribution < 1.29 is 9.90 Å². The Morgan fingerprint density at radius 3 is 2.84 bits per heavy atom. The van der Waals surface area contributed by atoms with Crippen LogP contribution in [0.5, 0.6) is 0 Å². The Bertz CT molecular complexity index is 422. The number of aliphatic hydroxyl groups excluding tert-OH is 1. The minimum Gasteiger partial charge on any atom is -0.392 e. The number of anilines is 1. The van der Waals surface area contributed by atoms with Crippen LogP contribution in [0.4, 0.5) is 5.69 Å². The summed E-state index contributed by atoms with van der Waals surface area (Å²) >= 11 is 3.36. The van der Waals surface area contributed by atoms with Gasteiger partial charge in [-0.3, -0.25) is 4.79 Å². The first-order valence-electron chi connectivity index (χ1n) is 6.59. The summed E-state index contributed by atoms with van der Waals surface area (Å²) in [7, 11) is 0. The van der Waals surface area contributed by atoms with Crippen LogP contribution >= 0.6 is 15.9 Å². The number of hydrogen-bond donors (Lipinski definition) is 2. The van der Waals surface area contributed by atoms with Crippen LogP contribution in [0.1, 0.15) is 19.3 Å². The predicted molar refractivity (Wildman–Crippen MR) is 79.1 cm³/mol. The van der Waals surface area contributed by atoms with Gasteiger partial charge in [-0.2, -0.15) is 0 Å². The van der Waals surface area contributed by atoms with E-state index in [9.17, 15) is 9.90 Å². The van der Waals surface area contributed by atoms with Gasteiger partial charge in [-0.05, 0) is 43.7 Å². The molecule has 0 aliphatic carbocycles. The molecule has 104 valence electrons. The monoisotopic (exact) mass is 326 g/mol. The number of piperidine rings is 1. The largest absolute Gasteiger partial charge is 0.392 e. The molecule has 4 nitrogen and oxygen atoms in total. The summed E-state index contributed by atoms with van der Waals surface area (Å²) in [4.78, 5) is 14.0. The molecule has 1 unspecified atom stereocenters. The molecule has 1 heterocycles. The van der Waals surface area contributed by atoms with Crippen LogP contribution in [-0.4, -0.2) is 41.7 Å². The van der Waals surface area contributed by atoms with Gasteiger partial charge in [0.25, 0.3) is 0 Å². The zero-order valence-corrected chi connectivity index (χ0v) is 12.4. The molecule has 0 bridgehead atoms. The van der Waals surface area contributed by atoms with Crippen LogP contribution < -0.4 is 5.32 Å². The molecule has 19 heavy (non-hydrogen) atoms. The van der Waals surface area contributed by atoms with Gasteiger partial charge in [0.1, 0.15) is 0 Å². The number of nitrogens with zero attached hydrogens (tertiary/aromatic N) is 1. The summed E-state index contributed by atoms with van der Waals surface area (Å²) in [5.41, 5.74) is 0.812. The van der Waals surface area contributed by atoms with Gasteiger partial charge in [0.15, 0.2) is 0 Å². The molecule has 1 aromatic rings. The molecule has 0 radical (unpaired) electrons. The van der Waals surface area contributed by atoms with Crippen LogP contribution in [0.3, 0.4) is 0 Å². The summed E-state index contributed by atoms with van der Waals surface area (Å²) in [6, 6.07) is 7.53. The Morgan fingerprint density at radius 1 is 1.42 bits per heavy atom. The lowest BCUT2D eigenvalue weighted by Crippen LogP contribution is -2.39. The van der Waals surface area contributed by atoms with Crippen molar-refractivity contribution in [3.8, 4) is 0 Å². The number of nitrogens with one attached hydrogen (secondary N) is 1. The Kier molecular flexibility index (Phi) is 5.36. The van der Waals surface area contributed by atoms with E-state index >= 15 is 0 Å². The topological polar surface area (TPSA) is 52.6 Å². The lowest BCUT2D eigenvalue weighted by molar-refractivity contribution is -0.116. The highest BCUT2D eigenvalue weighted by Crippen LogP contribution is 2.14. The second-order valence-corrected chi connectivity index (χ2v) is 5.82. The first-order valence-corrected chi connectivity index (χ1v) is 7.38. The first kappa shape index (κ1) is 14.5. The number of likely N-dealkylation sites (tertiary alicyclic amines) is 1. The summed E-state index contributed by atoms with van der Waals surface area (Å²) < 4.78 is 0.993. The first-order chi connectivity index (χ1) is 9.13. The average molecular weight is 327 g/mol. The van der Waals surface area contributed by atoms with E-state index in [0.717, 1.165) is 29.5 Å². The Labute approximate surface area is 121 Å². The van der Waals surface area contributed by atoms with Crippen LogP contribution in [0.2, 0.25) is 0 Å². The second-order valence-electron chi connectivity index (χ2n) is 4.90. The molecule has 2 N–H and O–H groups in total. The van der Waals surface area contributed by atoms with Gasteiger partial charge < -0.3 is 15.3 Å². The van der Waals surface area contributed by atoms with Crippen molar-refractivity contribution in [3.05, 3.63) is 28.7 Å². The lowest BCUT2D eigenvalue weighted by Gasteiger charge is -2.29. The van der Waals surface area contributed by atoms with Crippen molar-refractivity contribution in [1.82, 2.24) is 4.90 Å². The Hall–Kier alpha value is -0.910. The zero-order valence-electron chi connectivity index (χ0n) is 10.8. The minimum absolute atomic E-state index is 0.0161. The molecule has 1 saturated heterocycles. The molecule has 5 heteroatoms. The van der Waals surface area contributed by atoms with E-state index < -0.39 is 0 Å². The van der Waals surface area contributed by atoms with Gasteiger partial charge in [0.2, 0.25) is 5.91 Å². The third-order valence-electron chi connectivity index (χ3n) is 3.26. The average Bonchev–Trinajstić information content (AvgIpc) is 2.39. The summed E-state index contributed by atoms with van der Waals surface area (Å²) in [6.07, 6.45) is 2.11. The molecule has 1 fully saturated rings. The van der Waals surface area contributed by atoms with Gasteiger partial charge in [-0.15, -0.1) is 0 Å². The molecule has 1 atom stereocenters. The molecular weight excluding hydrogens is 308 g/mol. The van der Waals surface area contributed by atoms with Crippen molar-refractivity contribution in [2.75, 3.05) is 25.0 Å². The van der Waals surface area contributed by atoms with Gasteiger partial charge in [0, 0.05) is 29.7 Å². The Morgan fingerprint density at radius 2 is 2.16 bits per heavy atom. The maximum Gasteiger partial charge on any atom is 0.225 e. The summed E-state index contributed by atoms with van der Waals surface area (Å²) in [6.45, 7) is 2.37. The van der Waals surface area contributed by atoms with Gasteiger partial charge in [-0.1, -0.05) is 15.9 Å². The highest BCUT2D eigenvalue weighted by Gasteiger charge is 2.17. The predicted octanol–water partition coefficient (Wildman–Crippen LogP) is 2.23. The lowest BCUT2D eigenvalue weighted by atomic mass is 10.1. The van der Waals surface area contributed by atoms with Crippen molar-refractivity contribution in [2.24, 2.45) is 0 Å². The van der Waals surface area contributed by atoms with E-state index in [1.165, 1.54) is 0 Å². The number of aliphatic hydroxyl groups is 1. The SMILES string of the molecule is O=C(CCN1CCCC(O)C1)Nc1ccc(Br)cc1. The van der Waals surface area contributed by atoms with Crippen molar-refractivity contribution in [3.63, 3.8) is 0 Å². The maximum atomic E-state index is 11.8. The van der Waals surface area contributed by atoms with E-state index in [4.69, 9.17) is 0 Å². The second kappa shape index (κ2) is 7.03. The Balaban J connectivity index is 1.73. The number of benzene rings is 1. The number of hydrogen-bond acceptors (Lipinski definition) is 3. The van der Waals surface area contributed by atoms with E-state index in [-0.39, 0.29) is 12.0 Å². The summed E-state index contributed by atoms with van der Waals surface area (Å²) in [5, 5.41) is 12.4. The van der Waals surface area contributed by atoms with E-state index in [1.54, 1.807) is 0 Å². The molecule has 0 saturated carbocycles. The molecule has 2 rings (SSSR count). The number of carbonyl (C=O) groups is 1. The third kappa shape index (κ3) is 4.93. The highest BCUT2D eigenvalue weighted by atomic mass is 79.9. The van der Waals surface area contributed by atoms with Crippen LogP contribution in [0.15, 0.2) is 28.7 Å². The zero-order chi connectivity index (χ0) is 13.7. The molecule has 1 amide bonds. The molecule has 0 spiro atoms. The normalized spacial score (nSPS) is 20.2. The molecule has 0 aromatic heterocycles. The van der Waals surface area contributed by atoms with Crippen molar-refractivity contribution in [1.29, 1.82) is 0 Å². The number of halogens is 1. The van der Waals surface area contributed by atoms with Gasteiger partial charge in [0.05, 0.1) is 6.10 Å². The van der Waals surface area contributed by atoms with Gasteiger partial charge >= 0.3 is 0 Å². The molecular formula is C14H19BrN2O2. The number of rotatable bonds is 4. The maximum absolute atomic E-state index is 11.8. The van der Waals surface area contributed by atoms with Gasteiger partial charge in [-0.25, -0.2) is 0 Å². The summed E-state index contributed by atoms with van der Waals surface area (Å²) in [5.74, 6) is 0.0161. The highest BCUT2D eigenvalue weighted by molar-refractivity contribution is 9.10. The molecule has 1 aliphatic heterocycles. The number of carbonyl (C=O) groups excluding carboxylic acids is 1. The van der Waals surface area contributed by atoms with Crippen molar-refractivity contribution >= 4 is 27.5 Å². The standard InChI is InChI=1S/C14H19BrN2O2/c15-11-3-5-12(6-4-11)16-14(19)7-9-17-8-1-2-13(18)10-17/h3-6,13,18H,1-2,7-10H2,(H,16,19). The number of amides is 1. The quantitative estimate of drug-likeness (QED) is 0.892. The van der Waals surface area contributed by atoms with Crippen LogP contribution in [-0.2, 0) is 4.79 Å². The molecule has 1 aromatic carbocycles. The smallest absolute Gasteiger partial charge is 0.225 e. The third-order valence-corrected chi connectivity index (χ3v) is 3.79. The number of β-amino-alcohol motifs (C(OH)–C–C–N with tert-alkyl or cyclic N) is 1. The van der Waals surface area contributed by atoms with E-state index in [2.05, 4.69) is 26.1 Å². The molecule has 1 aliphatic rings. The fourth-order valence-corrected chi connectivity index (χ4v) is 2.51. The fraction of sp³-hybridized carbons (Fsp3) is 0.500. The fourth-order valence-electron chi connectivity index (χ4n) is 2.25. The van der Waals surface area contributed by atoms with Crippen LogP contribution in [0, 0.1) is 0 Å². The van der Waals surface area contributed by atoms with E-state index in [1.807, 2.05) is 24.3 Å². The minimum atomic E-state index is -0.233. The van der Waals surface area contributed by atoms with Crippen LogP contribution in [0.25, 0.3) is 0 Å². The van der Waals surface area contributed by atoms with Crippen molar-refractivity contribution in [2.45, 2.75) is 25.4 Å². The van der Waals surface area contributed by atoms with E-state index in [0.29, 0.717) is 19.5 Å².